The number of ether oxygens (including phenoxy) is 3. The minimum Gasteiger partial charge on any atom is -0.465 e. The van der Waals surface area contributed by atoms with Gasteiger partial charge in [0.1, 0.15) is 5.60 Å². The molecule has 0 aliphatic carbocycles. The van der Waals surface area contributed by atoms with E-state index in [0.717, 1.165) is 31.6 Å². The Labute approximate surface area is 154 Å². The molecular formula is C20H27NO5. The summed E-state index contributed by atoms with van der Waals surface area (Å²) >= 11 is 0. The molecular weight excluding hydrogens is 334 g/mol. The fourth-order valence-corrected chi connectivity index (χ4v) is 3.58. The number of esters is 1. The van der Waals surface area contributed by atoms with Gasteiger partial charge in [0.05, 0.1) is 31.9 Å². The van der Waals surface area contributed by atoms with Crippen molar-refractivity contribution < 1.29 is 23.8 Å². The third-order valence-corrected chi connectivity index (χ3v) is 5.05. The minimum absolute atomic E-state index is 0.0887. The van der Waals surface area contributed by atoms with Gasteiger partial charge >= 0.3 is 12.1 Å². The number of nitrogens with zero attached hydrogens (tertiary/aromatic N) is 1. The number of likely N-dealkylation sites (tertiary alicyclic amines) is 1. The largest absolute Gasteiger partial charge is 0.465 e. The topological polar surface area (TPSA) is 65.1 Å². The van der Waals surface area contributed by atoms with E-state index in [0.29, 0.717) is 12.1 Å². The lowest BCUT2D eigenvalue weighted by atomic mass is 9.72. The fourth-order valence-electron chi connectivity index (χ4n) is 3.58. The maximum absolute atomic E-state index is 12.7. The molecule has 6 heteroatoms. The van der Waals surface area contributed by atoms with E-state index < -0.39 is 5.60 Å². The zero-order valence-electron chi connectivity index (χ0n) is 15.9. The molecule has 2 heterocycles. The first-order valence-electron chi connectivity index (χ1n) is 8.99. The van der Waals surface area contributed by atoms with E-state index in [9.17, 15) is 9.59 Å². The van der Waals surface area contributed by atoms with Crippen LogP contribution in [0.1, 0.15) is 55.6 Å². The molecule has 1 spiro atoms. The zero-order chi connectivity index (χ0) is 18.9. The first-order valence-corrected chi connectivity index (χ1v) is 8.99. The second-order valence-corrected chi connectivity index (χ2v) is 8.25. The number of piperidine rings is 1. The summed E-state index contributed by atoms with van der Waals surface area (Å²) in [5.41, 5.74) is 1.10. The van der Waals surface area contributed by atoms with Crippen molar-refractivity contribution in [1.82, 2.24) is 4.90 Å². The second kappa shape index (κ2) is 6.91. The molecule has 26 heavy (non-hydrogen) atoms. The Morgan fingerprint density at radius 3 is 2.35 bits per heavy atom. The SMILES string of the molecule is COC(=O)c1ccc(C2CC3(CCN2C(=O)OC(C)(C)C)COC3)cc1. The van der Waals surface area contributed by atoms with Crippen molar-refractivity contribution in [2.24, 2.45) is 5.41 Å². The van der Waals surface area contributed by atoms with Crippen molar-refractivity contribution in [3.8, 4) is 0 Å². The molecule has 0 bridgehead atoms. The van der Waals surface area contributed by atoms with Gasteiger partial charge in [-0.15, -0.1) is 0 Å². The number of carbonyl (C=O) groups excluding carboxylic acids is 2. The number of amides is 1. The highest BCUT2D eigenvalue weighted by Crippen LogP contribution is 2.46. The molecule has 0 radical (unpaired) electrons. The van der Waals surface area contributed by atoms with E-state index in [2.05, 4.69) is 0 Å². The average Bonchev–Trinajstić information content (AvgIpc) is 2.57. The Hall–Kier alpha value is -2.08. The van der Waals surface area contributed by atoms with E-state index >= 15 is 0 Å². The molecule has 1 unspecified atom stereocenters. The number of methoxy groups -OCH3 is 1. The zero-order valence-corrected chi connectivity index (χ0v) is 15.9. The van der Waals surface area contributed by atoms with E-state index in [1.807, 2.05) is 37.8 Å². The average molecular weight is 361 g/mol. The van der Waals surface area contributed by atoms with Crippen LogP contribution in [0.5, 0.6) is 0 Å². The van der Waals surface area contributed by atoms with Crippen LogP contribution in [-0.2, 0) is 14.2 Å². The maximum atomic E-state index is 12.7. The van der Waals surface area contributed by atoms with Crippen LogP contribution in [0.25, 0.3) is 0 Å². The van der Waals surface area contributed by atoms with Gasteiger partial charge in [-0.05, 0) is 51.3 Å². The van der Waals surface area contributed by atoms with Crippen LogP contribution < -0.4 is 0 Å². The van der Waals surface area contributed by atoms with Crippen molar-refractivity contribution in [3.63, 3.8) is 0 Å². The Balaban J connectivity index is 1.84. The van der Waals surface area contributed by atoms with Crippen molar-refractivity contribution in [1.29, 1.82) is 0 Å². The second-order valence-electron chi connectivity index (χ2n) is 8.25. The first kappa shape index (κ1) is 18.7. The Kier molecular flexibility index (Phi) is 4.97. The molecule has 2 fully saturated rings. The van der Waals surface area contributed by atoms with Gasteiger partial charge in [-0.3, -0.25) is 0 Å². The molecule has 142 valence electrons. The summed E-state index contributed by atoms with van der Waals surface area (Å²) in [5.74, 6) is -0.368. The molecule has 0 saturated carbocycles. The lowest BCUT2D eigenvalue weighted by Crippen LogP contribution is -2.53. The molecule has 2 aliphatic heterocycles. The van der Waals surface area contributed by atoms with E-state index in [-0.39, 0.29) is 23.5 Å². The number of hydrogen-bond acceptors (Lipinski definition) is 5. The Morgan fingerprint density at radius 1 is 1.19 bits per heavy atom. The Bertz CT molecular complexity index is 672. The highest BCUT2D eigenvalue weighted by atomic mass is 16.6. The van der Waals surface area contributed by atoms with Crippen LogP contribution in [0.15, 0.2) is 24.3 Å². The van der Waals surface area contributed by atoms with Crippen LogP contribution in [0.2, 0.25) is 0 Å². The molecule has 1 aromatic rings. The summed E-state index contributed by atoms with van der Waals surface area (Å²) in [6.07, 6.45) is 1.46. The van der Waals surface area contributed by atoms with Crippen LogP contribution in [-0.4, -0.2) is 49.4 Å². The number of rotatable bonds is 2. The molecule has 1 atom stereocenters. The van der Waals surface area contributed by atoms with Gasteiger partial charge in [0.25, 0.3) is 0 Å². The summed E-state index contributed by atoms with van der Waals surface area (Å²) in [6.45, 7) is 7.74. The van der Waals surface area contributed by atoms with E-state index in [4.69, 9.17) is 14.2 Å². The highest BCUT2D eigenvalue weighted by molar-refractivity contribution is 5.89. The molecule has 1 amide bonds. The third kappa shape index (κ3) is 3.85. The highest BCUT2D eigenvalue weighted by Gasteiger charge is 2.47. The molecule has 2 aliphatic rings. The molecule has 0 N–H and O–H groups in total. The smallest absolute Gasteiger partial charge is 0.410 e. The van der Waals surface area contributed by atoms with Crippen molar-refractivity contribution >= 4 is 12.1 Å². The van der Waals surface area contributed by atoms with Crippen LogP contribution in [0, 0.1) is 5.41 Å². The number of carbonyl (C=O) groups is 2. The monoisotopic (exact) mass is 361 g/mol. The predicted octanol–water partition coefficient (Wildman–Crippen LogP) is 3.56. The van der Waals surface area contributed by atoms with Gasteiger partial charge in [-0.2, -0.15) is 0 Å². The summed E-state index contributed by atoms with van der Waals surface area (Å²) < 4.78 is 15.8. The van der Waals surface area contributed by atoms with Gasteiger partial charge in [0, 0.05) is 12.0 Å². The first-order chi connectivity index (χ1) is 12.2. The standard InChI is InChI=1S/C20H27NO5/c1-19(2,3)26-18(23)21-10-9-20(12-25-13-20)11-16(21)14-5-7-15(8-6-14)17(22)24-4/h5-8,16H,9-13H2,1-4H3. The van der Waals surface area contributed by atoms with Gasteiger partial charge in [0.15, 0.2) is 0 Å². The van der Waals surface area contributed by atoms with Crippen molar-refractivity contribution in [2.45, 2.75) is 45.3 Å². The molecule has 3 rings (SSSR count). The van der Waals surface area contributed by atoms with Crippen LogP contribution in [0.4, 0.5) is 4.79 Å². The lowest BCUT2D eigenvalue weighted by Gasteiger charge is -2.51. The van der Waals surface area contributed by atoms with E-state index in [1.54, 1.807) is 12.1 Å². The van der Waals surface area contributed by atoms with Gasteiger partial charge in [-0.1, -0.05) is 12.1 Å². The summed E-state index contributed by atoms with van der Waals surface area (Å²) in [7, 11) is 1.36. The van der Waals surface area contributed by atoms with Gasteiger partial charge < -0.3 is 19.1 Å². The van der Waals surface area contributed by atoms with Crippen molar-refractivity contribution in [2.75, 3.05) is 26.9 Å². The number of benzene rings is 1. The fraction of sp³-hybridized carbons (Fsp3) is 0.600. The van der Waals surface area contributed by atoms with Crippen LogP contribution >= 0.6 is 0 Å². The van der Waals surface area contributed by atoms with Crippen LogP contribution in [0.3, 0.4) is 0 Å². The third-order valence-electron chi connectivity index (χ3n) is 5.05. The molecule has 6 nitrogen and oxygen atoms in total. The van der Waals surface area contributed by atoms with Crippen molar-refractivity contribution in [3.05, 3.63) is 35.4 Å². The summed E-state index contributed by atoms with van der Waals surface area (Å²) in [6, 6.07) is 7.19. The lowest BCUT2D eigenvalue weighted by molar-refractivity contribution is -0.150. The molecule has 1 aromatic carbocycles. The quantitative estimate of drug-likeness (QED) is 0.754. The number of hydrogen-bond donors (Lipinski definition) is 0. The summed E-state index contributed by atoms with van der Waals surface area (Å²) in [5, 5.41) is 0. The van der Waals surface area contributed by atoms with E-state index in [1.165, 1.54) is 7.11 Å². The van der Waals surface area contributed by atoms with Gasteiger partial charge in [0.2, 0.25) is 0 Å². The molecule has 0 aromatic heterocycles. The predicted molar refractivity (Wildman–Crippen MR) is 95.9 cm³/mol. The summed E-state index contributed by atoms with van der Waals surface area (Å²) in [4.78, 5) is 26.2. The minimum atomic E-state index is -0.537. The maximum Gasteiger partial charge on any atom is 0.410 e. The van der Waals surface area contributed by atoms with Gasteiger partial charge in [-0.25, -0.2) is 9.59 Å². The Morgan fingerprint density at radius 2 is 1.85 bits per heavy atom. The molecule has 2 saturated heterocycles. The normalized spacial score (nSPS) is 21.8.